The van der Waals surface area contributed by atoms with Gasteiger partial charge in [-0.15, -0.1) is 0 Å². The zero-order chi connectivity index (χ0) is 17.4. The van der Waals surface area contributed by atoms with Crippen molar-refractivity contribution in [2.75, 3.05) is 0 Å². The predicted molar refractivity (Wildman–Crippen MR) is 86.9 cm³/mol. The molecule has 0 N–H and O–H groups in total. The van der Waals surface area contributed by atoms with Crippen LogP contribution in [0.1, 0.15) is 44.4 Å². The fourth-order valence-corrected chi connectivity index (χ4v) is 2.65. The molecule has 3 heterocycles. The molecule has 0 radical (unpaired) electrons. The molecule has 0 bridgehead atoms. The Labute approximate surface area is 137 Å². The van der Waals surface area contributed by atoms with Crippen LogP contribution in [0.4, 0.5) is 0 Å². The van der Waals surface area contributed by atoms with E-state index in [0.717, 1.165) is 23.8 Å². The topological polar surface area (TPSA) is 101 Å². The number of hydrogen-bond donors (Lipinski definition) is 0. The van der Waals surface area contributed by atoms with Crippen LogP contribution >= 0.6 is 0 Å². The predicted octanol–water partition coefficient (Wildman–Crippen LogP) is 0.769. The Morgan fingerprint density at radius 2 is 2.00 bits per heavy atom. The third-order valence-corrected chi connectivity index (χ3v) is 4.19. The average Bonchev–Trinajstić information content (AvgIpc) is 3.22. The maximum absolute atomic E-state index is 12.5. The van der Waals surface area contributed by atoms with E-state index >= 15 is 0 Å². The Morgan fingerprint density at radius 1 is 1.25 bits per heavy atom. The number of unbranched alkanes of at least 4 members (excludes halogenated alkanes) is 1. The molecule has 3 aromatic rings. The molecule has 0 aliphatic rings. The lowest BCUT2D eigenvalue weighted by Gasteiger charge is -2.10. The molecule has 0 aromatic carbocycles. The van der Waals surface area contributed by atoms with Gasteiger partial charge in [0.25, 0.3) is 5.56 Å². The van der Waals surface area contributed by atoms with Crippen molar-refractivity contribution in [3.63, 3.8) is 0 Å². The van der Waals surface area contributed by atoms with E-state index in [2.05, 4.69) is 22.0 Å². The van der Waals surface area contributed by atoms with Crippen molar-refractivity contribution in [3.05, 3.63) is 38.9 Å². The molecule has 0 saturated carbocycles. The van der Waals surface area contributed by atoms with Gasteiger partial charge in [0.15, 0.2) is 17.0 Å². The first kappa shape index (κ1) is 16.2. The summed E-state index contributed by atoms with van der Waals surface area (Å²) in [5, 5.41) is 3.98. The molecular formula is C15H20N6O3. The van der Waals surface area contributed by atoms with E-state index < -0.39 is 11.2 Å². The van der Waals surface area contributed by atoms with Gasteiger partial charge in [0, 0.05) is 20.5 Å². The van der Waals surface area contributed by atoms with Crippen LogP contribution in [0.25, 0.3) is 11.2 Å². The van der Waals surface area contributed by atoms with E-state index in [1.165, 1.54) is 17.9 Å². The molecule has 3 rings (SSSR count). The molecule has 0 saturated heterocycles. The second kappa shape index (κ2) is 6.06. The Kier molecular flexibility index (Phi) is 4.08. The lowest BCUT2D eigenvalue weighted by atomic mass is 10.2. The van der Waals surface area contributed by atoms with Crippen LogP contribution in [0, 0.1) is 0 Å². The quantitative estimate of drug-likeness (QED) is 0.684. The molecule has 0 aliphatic carbocycles. The van der Waals surface area contributed by atoms with Gasteiger partial charge in [-0.2, -0.15) is 4.98 Å². The van der Waals surface area contributed by atoms with Crippen molar-refractivity contribution in [3.8, 4) is 0 Å². The summed E-state index contributed by atoms with van der Waals surface area (Å²) in [7, 11) is 3.03. The largest absolute Gasteiger partial charge is 0.337 e. The van der Waals surface area contributed by atoms with E-state index in [1.54, 1.807) is 11.6 Å². The number of imidazole rings is 1. The summed E-state index contributed by atoms with van der Waals surface area (Å²) in [6.45, 7) is 3.95. The summed E-state index contributed by atoms with van der Waals surface area (Å²) in [5.74, 6) is 1.07. The van der Waals surface area contributed by atoms with Gasteiger partial charge in [-0.25, -0.2) is 9.78 Å². The number of hydrogen-bond acceptors (Lipinski definition) is 6. The Morgan fingerprint density at radius 3 is 2.71 bits per heavy atom. The van der Waals surface area contributed by atoms with E-state index in [0.29, 0.717) is 22.9 Å². The summed E-state index contributed by atoms with van der Waals surface area (Å²) < 4.78 is 9.40. The van der Waals surface area contributed by atoms with Gasteiger partial charge in [-0.1, -0.05) is 18.5 Å². The normalized spacial score (nSPS) is 12.8. The summed E-state index contributed by atoms with van der Waals surface area (Å²) in [6, 6.07) is -0.358. The molecular weight excluding hydrogens is 312 g/mol. The average molecular weight is 332 g/mol. The molecule has 0 fully saturated rings. The van der Waals surface area contributed by atoms with Crippen LogP contribution in [0.2, 0.25) is 0 Å². The highest BCUT2D eigenvalue weighted by Gasteiger charge is 2.22. The van der Waals surface area contributed by atoms with Gasteiger partial charge >= 0.3 is 5.69 Å². The van der Waals surface area contributed by atoms with Gasteiger partial charge < -0.3 is 9.09 Å². The minimum atomic E-state index is -0.412. The summed E-state index contributed by atoms with van der Waals surface area (Å²) in [6.07, 6.45) is 4.32. The number of fused-ring (bicyclic) bond motifs is 1. The molecule has 9 heteroatoms. The first-order valence-electron chi connectivity index (χ1n) is 7.90. The van der Waals surface area contributed by atoms with Crippen molar-refractivity contribution in [1.29, 1.82) is 0 Å². The fraction of sp³-hybridized carbons (Fsp3) is 0.533. The van der Waals surface area contributed by atoms with Crippen molar-refractivity contribution in [2.24, 2.45) is 14.1 Å². The smallest absolute Gasteiger partial charge is 0.332 e. The number of aryl methyl sites for hydroxylation is 2. The van der Waals surface area contributed by atoms with E-state index in [1.807, 2.05) is 6.92 Å². The minimum Gasteiger partial charge on any atom is -0.337 e. The molecule has 0 aliphatic heterocycles. The number of aromatic nitrogens is 6. The van der Waals surface area contributed by atoms with Gasteiger partial charge in [0.1, 0.15) is 6.04 Å². The van der Waals surface area contributed by atoms with Gasteiger partial charge in [0.2, 0.25) is 5.89 Å². The second-order valence-corrected chi connectivity index (χ2v) is 5.86. The third kappa shape index (κ3) is 2.45. The van der Waals surface area contributed by atoms with Gasteiger partial charge in [-0.05, 0) is 13.3 Å². The Bertz CT molecular complexity index is 993. The van der Waals surface area contributed by atoms with Crippen LogP contribution < -0.4 is 11.2 Å². The highest BCUT2D eigenvalue weighted by molar-refractivity contribution is 5.70. The van der Waals surface area contributed by atoms with Gasteiger partial charge in [-0.3, -0.25) is 13.9 Å². The van der Waals surface area contributed by atoms with Crippen LogP contribution in [-0.2, 0) is 20.5 Å². The minimum absolute atomic E-state index is 0.334. The van der Waals surface area contributed by atoms with Crippen molar-refractivity contribution >= 4 is 11.2 Å². The summed E-state index contributed by atoms with van der Waals surface area (Å²) >= 11 is 0. The zero-order valence-corrected chi connectivity index (χ0v) is 14.2. The summed E-state index contributed by atoms with van der Waals surface area (Å²) in [4.78, 5) is 33.1. The van der Waals surface area contributed by atoms with E-state index in [9.17, 15) is 9.59 Å². The lowest BCUT2D eigenvalue weighted by Crippen LogP contribution is -2.37. The molecule has 9 nitrogen and oxygen atoms in total. The maximum atomic E-state index is 12.5. The SMILES string of the molecule is CCCCc1noc(C(C)n2cnc3c2c(=O)n(C)c(=O)n3C)n1. The van der Waals surface area contributed by atoms with Gasteiger partial charge in [0.05, 0.1) is 6.33 Å². The molecule has 24 heavy (non-hydrogen) atoms. The lowest BCUT2D eigenvalue weighted by molar-refractivity contribution is 0.343. The first-order chi connectivity index (χ1) is 11.5. The second-order valence-electron chi connectivity index (χ2n) is 5.86. The van der Waals surface area contributed by atoms with Crippen molar-refractivity contribution in [1.82, 2.24) is 28.8 Å². The fourth-order valence-electron chi connectivity index (χ4n) is 2.65. The first-order valence-corrected chi connectivity index (χ1v) is 7.90. The van der Waals surface area contributed by atoms with Crippen molar-refractivity contribution < 1.29 is 4.52 Å². The molecule has 0 spiro atoms. The van der Waals surface area contributed by atoms with E-state index in [4.69, 9.17) is 4.52 Å². The van der Waals surface area contributed by atoms with Crippen molar-refractivity contribution in [2.45, 2.75) is 39.2 Å². The molecule has 1 atom stereocenters. The van der Waals surface area contributed by atoms with E-state index in [-0.39, 0.29) is 6.04 Å². The zero-order valence-electron chi connectivity index (χ0n) is 14.2. The molecule has 128 valence electrons. The van der Waals surface area contributed by atoms with Crippen LogP contribution in [0.3, 0.4) is 0 Å². The van der Waals surface area contributed by atoms with Crippen LogP contribution in [-0.4, -0.2) is 28.8 Å². The molecule has 1 unspecified atom stereocenters. The standard InChI is InChI=1S/C15H20N6O3/c1-5-6-7-10-17-13(24-18-10)9(2)21-8-16-12-11(21)14(22)20(4)15(23)19(12)3/h8-9H,5-7H2,1-4H3. The highest BCUT2D eigenvalue weighted by atomic mass is 16.5. The molecule has 0 amide bonds. The van der Waals surface area contributed by atoms with Crippen LogP contribution in [0.5, 0.6) is 0 Å². The third-order valence-electron chi connectivity index (χ3n) is 4.19. The molecule has 3 aromatic heterocycles. The Balaban J connectivity index is 2.08. The van der Waals surface area contributed by atoms with Crippen LogP contribution in [0.15, 0.2) is 20.4 Å². The number of nitrogens with zero attached hydrogens (tertiary/aromatic N) is 6. The Hall–Kier alpha value is -2.71. The number of rotatable bonds is 5. The monoisotopic (exact) mass is 332 g/mol. The highest BCUT2D eigenvalue weighted by Crippen LogP contribution is 2.20. The maximum Gasteiger partial charge on any atom is 0.332 e. The summed E-state index contributed by atoms with van der Waals surface area (Å²) in [5.41, 5.74) is -0.144.